The van der Waals surface area contributed by atoms with Gasteiger partial charge in [0.2, 0.25) is 0 Å². The number of para-hydroxylation sites is 1. The molecule has 1 aromatic heterocycles. The number of aryl methyl sites for hydroxylation is 1. The molecule has 0 bridgehead atoms. The second-order valence-electron chi connectivity index (χ2n) is 4.59. The van der Waals surface area contributed by atoms with Crippen molar-refractivity contribution >= 4 is 5.69 Å². The zero-order valence-corrected chi connectivity index (χ0v) is 11.6. The molecule has 2 aromatic rings. The molecule has 0 radical (unpaired) electrons. The van der Waals surface area contributed by atoms with E-state index in [-0.39, 0.29) is 0 Å². The summed E-state index contributed by atoms with van der Waals surface area (Å²) in [4.78, 5) is 6.44. The molecule has 2 rings (SSSR count). The van der Waals surface area contributed by atoms with Crippen molar-refractivity contribution in [1.29, 1.82) is 0 Å². The third-order valence-electron chi connectivity index (χ3n) is 3.13. The molecular weight excluding hydrogens is 238 g/mol. The molecule has 0 saturated heterocycles. The lowest BCUT2D eigenvalue weighted by Crippen LogP contribution is -2.24. The maximum absolute atomic E-state index is 4.18. The van der Waals surface area contributed by atoms with Crippen molar-refractivity contribution in [3.05, 3.63) is 42.5 Å². The highest BCUT2D eigenvalue weighted by atomic mass is 15.3. The van der Waals surface area contributed by atoms with Crippen LogP contribution in [0, 0.1) is 0 Å². The number of hydrogen-bond donors (Lipinski definition) is 1. The van der Waals surface area contributed by atoms with Crippen LogP contribution in [0.4, 0.5) is 5.69 Å². The van der Waals surface area contributed by atoms with Gasteiger partial charge in [0, 0.05) is 26.3 Å². The lowest BCUT2D eigenvalue weighted by atomic mass is 10.3. The van der Waals surface area contributed by atoms with Crippen LogP contribution < -0.4 is 10.2 Å². The van der Waals surface area contributed by atoms with E-state index in [2.05, 4.69) is 51.6 Å². The van der Waals surface area contributed by atoms with Gasteiger partial charge in [-0.2, -0.15) is 5.10 Å². The number of nitrogens with zero attached hydrogens (tertiary/aromatic N) is 4. The van der Waals surface area contributed by atoms with Gasteiger partial charge >= 0.3 is 0 Å². The van der Waals surface area contributed by atoms with Gasteiger partial charge in [0.15, 0.2) is 0 Å². The molecule has 0 aliphatic heterocycles. The van der Waals surface area contributed by atoms with Crippen LogP contribution in [0.5, 0.6) is 0 Å². The Balaban J connectivity index is 1.63. The minimum Gasteiger partial charge on any atom is -0.375 e. The van der Waals surface area contributed by atoms with Gasteiger partial charge in [-0.25, -0.2) is 4.98 Å². The van der Waals surface area contributed by atoms with E-state index >= 15 is 0 Å². The molecule has 5 nitrogen and oxygen atoms in total. The standard InChI is InChI=1S/C14H21N5/c1-18(13-7-4-3-5-8-13)10-6-9-15-11-14-16-12-17-19(14)2/h3-5,7-8,12,15H,6,9-11H2,1-2H3. The molecule has 5 heteroatoms. The number of aromatic nitrogens is 3. The van der Waals surface area contributed by atoms with Crippen molar-refractivity contribution in [1.82, 2.24) is 20.1 Å². The number of nitrogens with one attached hydrogen (secondary N) is 1. The third-order valence-corrected chi connectivity index (χ3v) is 3.13. The Morgan fingerprint density at radius 2 is 2.05 bits per heavy atom. The van der Waals surface area contributed by atoms with Gasteiger partial charge in [-0.1, -0.05) is 18.2 Å². The van der Waals surface area contributed by atoms with Crippen molar-refractivity contribution in [2.45, 2.75) is 13.0 Å². The second kappa shape index (κ2) is 6.89. The molecule has 0 atom stereocenters. The van der Waals surface area contributed by atoms with Crippen molar-refractivity contribution in [3.63, 3.8) is 0 Å². The normalized spacial score (nSPS) is 10.6. The highest BCUT2D eigenvalue weighted by Crippen LogP contribution is 2.10. The first-order chi connectivity index (χ1) is 9.27. The Hall–Kier alpha value is -1.88. The summed E-state index contributed by atoms with van der Waals surface area (Å²) in [5.41, 5.74) is 1.26. The Bertz CT molecular complexity index is 480. The van der Waals surface area contributed by atoms with E-state index in [1.54, 1.807) is 11.0 Å². The molecule has 19 heavy (non-hydrogen) atoms. The first-order valence-electron chi connectivity index (χ1n) is 6.57. The SMILES string of the molecule is CN(CCCNCc1ncnn1C)c1ccccc1. The molecule has 0 saturated carbocycles. The topological polar surface area (TPSA) is 46.0 Å². The highest BCUT2D eigenvalue weighted by Gasteiger charge is 2.01. The molecule has 1 N–H and O–H groups in total. The Morgan fingerprint density at radius 3 is 2.74 bits per heavy atom. The Labute approximate surface area is 114 Å². The monoisotopic (exact) mass is 259 g/mol. The van der Waals surface area contributed by atoms with Crippen LogP contribution in [-0.4, -0.2) is 34.9 Å². The van der Waals surface area contributed by atoms with E-state index in [1.165, 1.54) is 5.69 Å². The third kappa shape index (κ3) is 4.06. The van der Waals surface area contributed by atoms with Gasteiger partial charge in [-0.15, -0.1) is 0 Å². The molecular formula is C14H21N5. The van der Waals surface area contributed by atoms with Crippen molar-refractivity contribution < 1.29 is 0 Å². The van der Waals surface area contributed by atoms with Gasteiger partial charge in [-0.05, 0) is 25.1 Å². The lowest BCUT2D eigenvalue weighted by molar-refractivity contribution is 0.596. The lowest BCUT2D eigenvalue weighted by Gasteiger charge is -2.19. The molecule has 0 unspecified atom stereocenters. The van der Waals surface area contributed by atoms with Crippen LogP contribution in [0.3, 0.4) is 0 Å². The predicted octanol–water partition coefficient (Wildman–Crippen LogP) is 1.43. The van der Waals surface area contributed by atoms with Crippen LogP contribution in [0.15, 0.2) is 36.7 Å². The molecule has 0 spiro atoms. The van der Waals surface area contributed by atoms with Gasteiger partial charge in [0.1, 0.15) is 12.2 Å². The fraction of sp³-hybridized carbons (Fsp3) is 0.429. The minimum atomic E-state index is 0.769. The van der Waals surface area contributed by atoms with Gasteiger partial charge < -0.3 is 10.2 Å². The zero-order chi connectivity index (χ0) is 13.5. The van der Waals surface area contributed by atoms with Crippen LogP contribution in [-0.2, 0) is 13.6 Å². The smallest absolute Gasteiger partial charge is 0.140 e. The van der Waals surface area contributed by atoms with Crippen LogP contribution in [0.2, 0.25) is 0 Å². The first kappa shape index (κ1) is 13.5. The summed E-state index contributed by atoms with van der Waals surface area (Å²) in [5, 5.41) is 7.43. The zero-order valence-electron chi connectivity index (χ0n) is 11.6. The quantitative estimate of drug-likeness (QED) is 0.764. The van der Waals surface area contributed by atoms with Crippen LogP contribution >= 0.6 is 0 Å². The number of anilines is 1. The molecule has 1 heterocycles. The Kier molecular flexibility index (Phi) is 4.92. The minimum absolute atomic E-state index is 0.769. The van der Waals surface area contributed by atoms with Gasteiger partial charge in [-0.3, -0.25) is 4.68 Å². The van der Waals surface area contributed by atoms with Gasteiger partial charge in [0.25, 0.3) is 0 Å². The van der Waals surface area contributed by atoms with E-state index in [0.29, 0.717) is 0 Å². The van der Waals surface area contributed by atoms with E-state index in [9.17, 15) is 0 Å². The van der Waals surface area contributed by atoms with E-state index < -0.39 is 0 Å². The fourth-order valence-corrected chi connectivity index (χ4v) is 1.93. The first-order valence-corrected chi connectivity index (χ1v) is 6.57. The van der Waals surface area contributed by atoms with E-state index in [1.807, 2.05) is 13.1 Å². The summed E-state index contributed by atoms with van der Waals surface area (Å²) in [6.07, 6.45) is 2.68. The maximum Gasteiger partial charge on any atom is 0.140 e. The maximum atomic E-state index is 4.18. The Morgan fingerprint density at radius 1 is 1.26 bits per heavy atom. The molecule has 0 amide bonds. The van der Waals surface area contributed by atoms with Crippen LogP contribution in [0.1, 0.15) is 12.2 Å². The number of rotatable bonds is 7. The van der Waals surface area contributed by atoms with Crippen molar-refractivity contribution in [2.24, 2.45) is 7.05 Å². The average Bonchev–Trinajstić information content (AvgIpc) is 2.85. The molecule has 0 aliphatic carbocycles. The summed E-state index contributed by atoms with van der Waals surface area (Å²) in [7, 11) is 4.03. The molecule has 0 aliphatic rings. The van der Waals surface area contributed by atoms with Crippen LogP contribution in [0.25, 0.3) is 0 Å². The van der Waals surface area contributed by atoms with Crippen molar-refractivity contribution in [3.8, 4) is 0 Å². The van der Waals surface area contributed by atoms with Gasteiger partial charge in [0.05, 0.1) is 6.54 Å². The number of benzene rings is 1. The largest absolute Gasteiger partial charge is 0.375 e. The summed E-state index contributed by atoms with van der Waals surface area (Å²) in [5.74, 6) is 0.969. The summed E-state index contributed by atoms with van der Waals surface area (Å²) < 4.78 is 1.79. The molecule has 102 valence electrons. The predicted molar refractivity (Wildman–Crippen MR) is 77.0 cm³/mol. The fourth-order valence-electron chi connectivity index (χ4n) is 1.93. The molecule has 0 fully saturated rings. The van der Waals surface area contributed by atoms with Crippen molar-refractivity contribution in [2.75, 3.05) is 25.0 Å². The summed E-state index contributed by atoms with van der Waals surface area (Å²) >= 11 is 0. The average molecular weight is 259 g/mol. The number of hydrogen-bond acceptors (Lipinski definition) is 4. The molecule has 1 aromatic carbocycles. The summed E-state index contributed by atoms with van der Waals surface area (Å²) in [6.45, 7) is 2.78. The van der Waals surface area contributed by atoms with E-state index in [0.717, 1.165) is 31.9 Å². The van der Waals surface area contributed by atoms with E-state index in [4.69, 9.17) is 0 Å². The summed E-state index contributed by atoms with van der Waals surface area (Å²) in [6, 6.07) is 10.4. The highest BCUT2D eigenvalue weighted by molar-refractivity contribution is 5.44. The second-order valence-corrected chi connectivity index (χ2v) is 4.59.